The molecule has 1 unspecified atom stereocenters. The topological polar surface area (TPSA) is 137 Å². The number of methoxy groups -OCH3 is 1. The highest BCUT2D eigenvalue weighted by atomic mass is 16.5. The fourth-order valence-electron chi connectivity index (χ4n) is 3.73. The molecule has 170 valence electrons. The van der Waals surface area contributed by atoms with E-state index in [1.54, 1.807) is 42.5 Å². The van der Waals surface area contributed by atoms with E-state index in [0.29, 0.717) is 11.3 Å². The zero-order valence-electron chi connectivity index (χ0n) is 17.9. The van der Waals surface area contributed by atoms with E-state index in [-0.39, 0.29) is 29.5 Å². The molecule has 4 N–H and O–H groups in total. The van der Waals surface area contributed by atoms with Gasteiger partial charge in [0.25, 0.3) is 5.56 Å². The Hall–Kier alpha value is -4.31. The van der Waals surface area contributed by atoms with Gasteiger partial charge in [0.1, 0.15) is 5.56 Å². The van der Waals surface area contributed by atoms with Crippen LogP contribution >= 0.6 is 0 Å². The number of aromatic nitrogens is 2. The van der Waals surface area contributed by atoms with Crippen LogP contribution in [0.1, 0.15) is 29.7 Å². The molecule has 10 nitrogen and oxygen atoms in total. The minimum atomic E-state index is -0.917. The first kappa shape index (κ1) is 21.9. The molecule has 0 saturated carbocycles. The van der Waals surface area contributed by atoms with Gasteiger partial charge in [-0.05, 0) is 29.8 Å². The molecule has 1 aliphatic rings. The summed E-state index contributed by atoms with van der Waals surface area (Å²) in [6.07, 6.45) is 1.56. The average Bonchev–Trinajstić information content (AvgIpc) is 3.22. The van der Waals surface area contributed by atoms with Gasteiger partial charge in [0.2, 0.25) is 11.8 Å². The van der Waals surface area contributed by atoms with Crippen LogP contribution in [0.4, 0.5) is 0 Å². The second-order valence-corrected chi connectivity index (χ2v) is 7.47. The van der Waals surface area contributed by atoms with Crippen molar-refractivity contribution in [2.75, 3.05) is 7.11 Å². The minimum absolute atomic E-state index is 0.0430. The Labute approximate surface area is 188 Å². The third-order valence-corrected chi connectivity index (χ3v) is 5.32. The van der Waals surface area contributed by atoms with Gasteiger partial charge in [0.05, 0.1) is 25.4 Å². The van der Waals surface area contributed by atoms with Crippen LogP contribution in [0.3, 0.4) is 0 Å². The van der Waals surface area contributed by atoms with E-state index in [1.165, 1.54) is 25.1 Å². The van der Waals surface area contributed by atoms with Crippen molar-refractivity contribution in [3.05, 3.63) is 92.1 Å². The number of aromatic amines is 1. The third-order valence-electron chi connectivity index (χ3n) is 5.32. The van der Waals surface area contributed by atoms with Crippen LogP contribution in [0, 0.1) is 0 Å². The van der Waals surface area contributed by atoms with Crippen molar-refractivity contribution in [1.29, 1.82) is 0 Å². The Morgan fingerprint density at radius 3 is 2.48 bits per heavy atom. The smallest absolute Gasteiger partial charge is 0.331 e. The quantitative estimate of drug-likeness (QED) is 0.462. The van der Waals surface area contributed by atoms with E-state index in [0.717, 1.165) is 10.1 Å². The zero-order valence-corrected chi connectivity index (χ0v) is 17.9. The molecule has 33 heavy (non-hydrogen) atoms. The van der Waals surface area contributed by atoms with E-state index in [9.17, 15) is 24.6 Å². The van der Waals surface area contributed by atoms with E-state index >= 15 is 0 Å². The SMILES string of the molecule is COc1ccc(C2=CC(c3c(O)n(Cc4ccccc4)c(=O)[nH]c3=O)NN2C(C)=O)cc1O. The van der Waals surface area contributed by atoms with E-state index in [4.69, 9.17) is 4.74 Å². The minimum Gasteiger partial charge on any atom is -0.504 e. The predicted octanol–water partition coefficient (Wildman–Crippen LogP) is 1.45. The number of carbonyl (C=O) groups excluding carboxylic acids is 1. The maximum absolute atomic E-state index is 12.7. The maximum atomic E-state index is 12.7. The van der Waals surface area contributed by atoms with Crippen LogP contribution in [0.2, 0.25) is 0 Å². The molecule has 0 fully saturated rings. The molecular weight excluding hydrogens is 428 g/mol. The molecule has 0 aliphatic carbocycles. The number of hydrazine groups is 1. The Bertz CT molecular complexity index is 1360. The first-order valence-corrected chi connectivity index (χ1v) is 10.1. The largest absolute Gasteiger partial charge is 0.504 e. The summed E-state index contributed by atoms with van der Waals surface area (Å²) in [5.41, 5.74) is 2.82. The van der Waals surface area contributed by atoms with Gasteiger partial charge >= 0.3 is 5.69 Å². The van der Waals surface area contributed by atoms with Gasteiger partial charge in [-0.2, -0.15) is 0 Å². The number of ether oxygens (including phenoxy) is 1. The standard InChI is InChI=1S/C23H22N4O6/c1-13(28)27-17(15-8-9-19(33-2)18(29)10-15)11-16(25-27)20-21(30)24-23(32)26(22(20)31)12-14-6-4-3-5-7-14/h3-11,16,25,29,31H,12H2,1-2H3,(H,24,30,32). The first-order valence-electron chi connectivity index (χ1n) is 10.1. The summed E-state index contributed by atoms with van der Waals surface area (Å²) < 4.78 is 6.11. The summed E-state index contributed by atoms with van der Waals surface area (Å²) in [4.78, 5) is 39.6. The van der Waals surface area contributed by atoms with Gasteiger partial charge in [0.15, 0.2) is 11.5 Å². The van der Waals surface area contributed by atoms with Crippen molar-refractivity contribution >= 4 is 11.6 Å². The molecule has 10 heteroatoms. The van der Waals surface area contributed by atoms with Crippen molar-refractivity contribution < 1.29 is 19.7 Å². The van der Waals surface area contributed by atoms with Crippen LogP contribution in [0.25, 0.3) is 5.70 Å². The van der Waals surface area contributed by atoms with E-state index in [2.05, 4.69) is 10.4 Å². The maximum Gasteiger partial charge on any atom is 0.331 e. The van der Waals surface area contributed by atoms with Gasteiger partial charge in [0, 0.05) is 12.5 Å². The molecule has 2 heterocycles. The normalized spacial score (nSPS) is 15.4. The number of amides is 1. The number of benzene rings is 2. The Morgan fingerprint density at radius 2 is 1.85 bits per heavy atom. The molecule has 1 atom stereocenters. The number of carbonyl (C=O) groups is 1. The molecule has 1 amide bonds. The predicted molar refractivity (Wildman–Crippen MR) is 120 cm³/mol. The fourth-order valence-corrected chi connectivity index (χ4v) is 3.73. The van der Waals surface area contributed by atoms with Gasteiger partial charge < -0.3 is 14.9 Å². The molecule has 0 saturated heterocycles. The first-order chi connectivity index (χ1) is 15.8. The average molecular weight is 450 g/mol. The lowest BCUT2D eigenvalue weighted by Crippen LogP contribution is -2.40. The number of phenolic OH excluding ortho intramolecular Hbond substituents is 1. The van der Waals surface area contributed by atoms with E-state index < -0.39 is 23.2 Å². The van der Waals surface area contributed by atoms with Crippen LogP contribution in [-0.4, -0.2) is 37.8 Å². The monoisotopic (exact) mass is 450 g/mol. The second-order valence-electron chi connectivity index (χ2n) is 7.47. The number of H-pyrrole nitrogens is 1. The summed E-state index contributed by atoms with van der Waals surface area (Å²) in [5, 5.41) is 22.2. The number of rotatable bonds is 5. The number of nitrogens with one attached hydrogen (secondary N) is 2. The number of phenols is 1. The molecule has 1 aliphatic heterocycles. The van der Waals surface area contributed by atoms with Crippen LogP contribution < -0.4 is 21.4 Å². The van der Waals surface area contributed by atoms with Gasteiger partial charge in [-0.3, -0.25) is 19.1 Å². The van der Waals surface area contributed by atoms with Crippen LogP contribution in [0.5, 0.6) is 17.4 Å². The molecule has 0 spiro atoms. The Balaban J connectivity index is 1.79. The molecule has 4 rings (SSSR count). The number of hydrogen-bond donors (Lipinski definition) is 4. The van der Waals surface area contributed by atoms with Crippen LogP contribution in [0.15, 0.2) is 64.2 Å². The summed E-state index contributed by atoms with van der Waals surface area (Å²) in [7, 11) is 1.42. The van der Waals surface area contributed by atoms with Gasteiger partial charge in [-0.1, -0.05) is 30.3 Å². The molecular formula is C23H22N4O6. The highest BCUT2D eigenvalue weighted by Crippen LogP contribution is 2.35. The lowest BCUT2D eigenvalue weighted by molar-refractivity contribution is -0.127. The van der Waals surface area contributed by atoms with Crippen molar-refractivity contribution in [1.82, 2.24) is 20.0 Å². The highest BCUT2D eigenvalue weighted by Gasteiger charge is 2.32. The van der Waals surface area contributed by atoms with Crippen molar-refractivity contribution in [3.8, 4) is 17.4 Å². The second kappa shape index (κ2) is 8.67. The Kier molecular flexibility index (Phi) is 5.76. The van der Waals surface area contributed by atoms with Gasteiger partial charge in [-0.25, -0.2) is 15.2 Å². The number of aromatic hydroxyl groups is 2. The van der Waals surface area contributed by atoms with Crippen molar-refractivity contribution in [2.24, 2.45) is 0 Å². The lowest BCUT2D eigenvalue weighted by Gasteiger charge is -2.21. The van der Waals surface area contributed by atoms with Crippen LogP contribution in [-0.2, 0) is 11.3 Å². The summed E-state index contributed by atoms with van der Waals surface area (Å²) in [6, 6.07) is 12.7. The summed E-state index contributed by atoms with van der Waals surface area (Å²) in [6.45, 7) is 1.37. The van der Waals surface area contributed by atoms with E-state index in [1.807, 2.05) is 6.07 Å². The lowest BCUT2D eigenvalue weighted by atomic mass is 10.1. The Morgan fingerprint density at radius 1 is 1.12 bits per heavy atom. The molecule has 2 aromatic carbocycles. The fraction of sp³-hybridized carbons (Fsp3) is 0.174. The van der Waals surface area contributed by atoms with Crippen molar-refractivity contribution in [2.45, 2.75) is 19.5 Å². The molecule has 0 bridgehead atoms. The number of nitrogens with zero attached hydrogens (tertiary/aromatic N) is 2. The molecule has 3 aromatic rings. The zero-order chi connectivity index (χ0) is 23.7. The summed E-state index contributed by atoms with van der Waals surface area (Å²) in [5.74, 6) is -0.755. The molecule has 0 radical (unpaired) electrons. The summed E-state index contributed by atoms with van der Waals surface area (Å²) >= 11 is 0. The molecule has 1 aromatic heterocycles. The van der Waals surface area contributed by atoms with Gasteiger partial charge in [-0.15, -0.1) is 0 Å². The number of hydrogen-bond acceptors (Lipinski definition) is 7. The highest BCUT2D eigenvalue weighted by molar-refractivity contribution is 5.86. The van der Waals surface area contributed by atoms with Crippen molar-refractivity contribution in [3.63, 3.8) is 0 Å². The third kappa shape index (κ3) is 4.11.